The Morgan fingerprint density at radius 1 is 1.04 bits per heavy atom. The lowest BCUT2D eigenvalue weighted by atomic mass is 9.78. The van der Waals surface area contributed by atoms with Crippen molar-refractivity contribution >= 4 is 0 Å². The van der Waals surface area contributed by atoms with Crippen molar-refractivity contribution in [3.63, 3.8) is 0 Å². The number of likely N-dealkylation sites (N-methyl/N-ethyl adjacent to an activating group) is 1. The van der Waals surface area contributed by atoms with Gasteiger partial charge in [-0.1, -0.05) is 6.07 Å². The molecule has 1 N–H and O–H groups in total. The van der Waals surface area contributed by atoms with E-state index in [0.717, 1.165) is 46.7 Å². The number of hydrogen-bond acceptors (Lipinski definition) is 6. The number of benzene rings is 2. The van der Waals surface area contributed by atoms with Crippen LogP contribution in [0.15, 0.2) is 18.2 Å². The van der Waals surface area contributed by atoms with Crippen LogP contribution in [-0.2, 0) is 25.1 Å². The lowest BCUT2D eigenvalue weighted by Gasteiger charge is -2.54. The van der Waals surface area contributed by atoms with E-state index in [1.807, 2.05) is 18.2 Å². The average Bonchev–Trinajstić information content (AvgIpc) is 3.34. The van der Waals surface area contributed by atoms with Crippen LogP contribution in [-0.4, -0.2) is 43.9 Å². The molecule has 2 aromatic rings. The molecule has 7 heteroatoms. The van der Waals surface area contributed by atoms with Crippen LogP contribution in [0.4, 0.5) is 0 Å². The smallest absolute Gasteiger partial charge is 0.235 e. The first-order valence-corrected chi connectivity index (χ1v) is 9.51. The van der Waals surface area contributed by atoms with Crippen molar-refractivity contribution in [2.75, 3.05) is 34.3 Å². The zero-order chi connectivity index (χ0) is 19.1. The number of methoxy groups -OCH3 is 1. The van der Waals surface area contributed by atoms with E-state index in [9.17, 15) is 5.11 Å². The molecule has 6 rings (SSSR count). The van der Waals surface area contributed by atoms with Crippen molar-refractivity contribution < 1.29 is 33.3 Å². The zero-order valence-corrected chi connectivity index (χ0v) is 15.9. The molecule has 1 unspecified atom stereocenters. The summed E-state index contributed by atoms with van der Waals surface area (Å²) in [6, 6.07) is 5.97. The van der Waals surface area contributed by atoms with Gasteiger partial charge in [0.2, 0.25) is 25.1 Å². The number of quaternary nitrogens is 1. The molecule has 0 saturated carbocycles. The third kappa shape index (κ3) is 1.85. The number of rotatable bonds is 1. The molecule has 2 atom stereocenters. The normalized spacial score (nSPS) is 28.4. The quantitative estimate of drug-likeness (QED) is 0.760. The summed E-state index contributed by atoms with van der Waals surface area (Å²) in [5, 5.41) is 12.2. The minimum absolute atomic E-state index is 0.172. The second-order valence-corrected chi connectivity index (χ2v) is 8.14. The van der Waals surface area contributed by atoms with Crippen LogP contribution in [0.5, 0.6) is 28.7 Å². The van der Waals surface area contributed by atoms with E-state index in [2.05, 4.69) is 7.05 Å². The van der Waals surface area contributed by atoms with Crippen LogP contribution in [0.1, 0.15) is 22.3 Å². The van der Waals surface area contributed by atoms with E-state index in [1.54, 1.807) is 7.11 Å². The van der Waals surface area contributed by atoms with Crippen LogP contribution >= 0.6 is 0 Å². The highest BCUT2D eigenvalue weighted by atomic mass is 16.7. The largest absolute Gasteiger partial charge is 0.492 e. The van der Waals surface area contributed by atoms with Crippen LogP contribution in [0.25, 0.3) is 0 Å². The highest BCUT2D eigenvalue weighted by Crippen LogP contribution is 2.56. The zero-order valence-electron chi connectivity index (χ0n) is 15.9. The van der Waals surface area contributed by atoms with E-state index in [0.29, 0.717) is 34.7 Å². The number of fused-ring (bicyclic) bond motifs is 7. The molecule has 28 heavy (non-hydrogen) atoms. The van der Waals surface area contributed by atoms with Gasteiger partial charge in [-0.3, -0.25) is 4.48 Å². The van der Waals surface area contributed by atoms with E-state index in [1.165, 1.54) is 0 Å². The van der Waals surface area contributed by atoms with Gasteiger partial charge in [0, 0.05) is 6.42 Å². The summed E-state index contributed by atoms with van der Waals surface area (Å²) in [5.41, 5.74) is 2.96. The van der Waals surface area contributed by atoms with Crippen molar-refractivity contribution in [2.45, 2.75) is 25.1 Å². The molecule has 4 aliphatic rings. The maximum Gasteiger partial charge on any atom is 0.235 e. The summed E-state index contributed by atoms with van der Waals surface area (Å²) in [6.07, 6.45) is 1.29. The average molecular weight is 384 g/mol. The minimum Gasteiger partial charge on any atom is -0.492 e. The van der Waals surface area contributed by atoms with Gasteiger partial charge in [-0.25, -0.2) is 0 Å². The predicted molar refractivity (Wildman–Crippen MR) is 97.7 cm³/mol. The summed E-state index contributed by atoms with van der Waals surface area (Å²) >= 11 is 0. The third-order valence-corrected chi connectivity index (χ3v) is 6.76. The summed E-state index contributed by atoms with van der Waals surface area (Å²) < 4.78 is 28.8. The molecular weight excluding hydrogens is 362 g/mol. The Labute approximate surface area is 162 Å². The van der Waals surface area contributed by atoms with Crippen molar-refractivity contribution in [1.29, 1.82) is 0 Å². The Hall–Kier alpha value is -2.64. The summed E-state index contributed by atoms with van der Waals surface area (Å²) in [7, 11) is 3.72. The highest BCUT2D eigenvalue weighted by molar-refractivity contribution is 5.63. The second kappa shape index (κ2) is 5.24. The molecule has 2 aromatic carbocycles. The fraction of sp³-hybridized carbons (Fsp3) is 0.429. The van der Waals surface area contributed by atoms with Crippen LogP contribution in [0.2, 0.25) is 0 Å². The molecule has 0 aliphatic carbocycles. The molecule has 4 heterocycles. The first-order chi connectivity index (χ1) is 13.5. The third-order valence-electron chi connectivity index (χ3n) is 6.76. The van der Waals surface area contributed by atoms with Gasteiger partial charge in [0.15, 0.2) is 23.0 Å². The standard InChI is InChI=1S/C21H22NO6/c1-22-6-5-12-7-16-19(28-11-26-16)20(24-2)17(12)21(22,23)8-13-3-4-15-18(14(13)9-22)27-10-25-15/h3-4,7,23H,5-6,8-11H2,1-2H3/q+1/t21-,22?/m1/s1. The fourth-order valence-corrected chi connectivity index (χ4v) is 5.23. The van der Waals surface area contributed by atoms with Gasteiger partial charge >= 0.3 is 0 Å². The lowest BCUT2D eigenvalue weighted by molar-refractivity contribution is -1.01. The summed E-state index contributed by atoms with van der Waals surface area (Å²) in [5.74, 6) is 3.46. The Morgan fingerprint density at radius 2 is 1.82 bits per heavy atom. The van der Waals surface area contributed by atoms with Gasteiger partial charge in [-0.2, -0.15) is 0 Å². The maximum atomic E-state index is 12.2. The maximum absolute atomic E-state index is 12.2. The molecule has 0 aromatic heterocycles. The van der Waals surface area contributed by atoms with E-state index in [-0.39, 0.29) is 13.6 Å². The summed E-state index contributed by atoms with van der Waals surface area (Å²) in [6.45, 7) is 1.89. The molecule has 146 valence electrons. The van der Waals surface area contributed by atoms with Crippen molar-refractivity contribution in [3.8, 4) is 28.7 Å². The molecule has 0 saturated heterocycles. The number of ether oxygens (including phenoxy) is 5. The lowest BCUT2D eigenvalue weighted by Crippen LogP contribution is -2.65. The monoisotopic (exact) mass is 384 g/mol. The van der Waals surface area contributed by atoms with Gasteiger partial charge in [0.05, 0.1) is 38.2 Å². The van der Waals surface area contributed by atoms with Gasteiger partial charge < -0.3 is 28.8 Å². The topological polar surface area (TPSA) is 66.4 Å². The Balaban J connectivity index is 1.58. The Bertz CT molecular complexity index is 1020. The van der Waals surface area contributed by atoms with Gasteiger partial charge in [-0.05, 0) is 23.3 Å². The van der Waals surface area contributed by atoms with Crippen molar-refractivity contribution in [1.82, 2.24) is 0 Å². The Kier molecular flexibility index (Phi) is 3.06. The Morgan fingerprint density at radius 3 is 2.64 bits per heavy atom. The first kappa shape index (κ1) is 16.3. The fourth-order valence-electron chi connectivity index (χ4n) is 5.23. The highest BCUT2D eigenvalue weighted by Gasteiger charge is 2.58. The second-order valence-electron chi connectivity index (χ2n) is 8.14. The van der Waals surface area contributed by atoms with Gasteiger partial charge in [0.25, 0.3) is 0 Å². The first-order valence-electron chi connectivity index (χ1n) is 9.51. The number of aliphatic hydroxyl groups is 1. The molecule has 4 aliphatic heterocycles. The molecule has 0 amide bonds. The molecule has 0 radical (unpaired) electrons. The van der Waals surface area contributed by atoms with Crippen molar-refractivity contribution in [2.24, 2.45) is 0 Å². The van der Waals surface area contributed by atoms with Gasteiger partial charge in [-0.15, -0.1) is 0 Å². The number of hydrogen-bond donors (Lipinski definition) is 1. The summed E-state index contributed by atoms with van der Waals surface area (Å²) in [4.78, 5) is 0. The SMILES string of the molecule is COc1c2c(cc3c1[C@]1(O)Cc4ccc5c(c4C[N+]1(C)CC3)OCO5)OCO2. The van der Waals surface area contributed by atoms with E-state index < -0.39 is 5.72 Å². The van der Waals surface area contributed by atoms with Crippen LogP contribution < -0.4 is 23.7 Å². The van der Waals surface area contributed by atoms with Crippen LogP contribution in [0.3, 0.4) is 0 Å². The molecule has 0 spiro atoms. The van der Waals surface area contributed by atoms with E-state index in [4.69, 9.17) is 23.7 Å². The molecule has 0 bridgehead atoms. The number of nitrogens with zero attached hydrogens (tertiary/aromatic N) is 1. The van der Waals surface area contributed by atoms with Crippen LogP contribution in [0, 0.1) is 0 Å². The van der Waals surface area contributed by atoms with Gasteiger partial charge in [0.1, 0.15) is 6.54 Å². The molecule has 7 nitrogen and oxygen atoms in total. The van der Waals surface area contributed by atoms with Crippen molar-refractivity contribution in [3.05, 3.63) is 40.5 Å². The van der Waals surface area contributed by atoms with E-state index >= 15 is 0 Å². The molecule has 0 fully saturated rings. The predicted octanol–water partition coefficient (Wildman–Crippen LogP) is 2.06. The minimum atomic E-state index is -1.12. The molecular formula is C21H22NO6+.